The minimum Gasteiger partial charge on any atom is -0.383 e. The first-order valence-electron chi connectivity index (χ1n) is 6.59. The monoisotopic (exact) mass is 305 g/mol. The molecule has 0 saturated heterocycles. The van der Waals surface area contributed by atoms with Crippen molar-refractivity contribution in [3.8, 4) is 0 Å². The molecule has 21 heavy (non-hydrogen) atoms. The zero-order valence-corrected chi connectivity index (χ0v) is 13.1. The molecule has 1 atom stereocenters. The van der Waals surface area contributed by atoms with Gasteiger partial charge in [-0.1, -0.05) is 29.8 Å². The average Bonchev–Trinajstić information content (AvgIpc) is 2.46. The highest BCUT2D eigenvalue weighted by molar-refractivity contribution is 7.89. The highest BCUT2D eigenvalue weighted by Gasteiger charge is 2.28. The van der Waals surface area contributed by atoms with E-state index in [-0.39, 0.29) is 16.8 Å². The van der Waals surface area contributed by atoms with Crippen molar-refractivity contribution in [3.63, 3.8) is 0 Å². The van der Waals surface area contributed by atoms with Gasteiger partial charge in [0.05, 0.1) is 0 Å². The van der Waals surface area contributed by atoms with Crippen LogP contribution in [0.1, 0.15) is 24.1 Å². The number of hydrogen-bond acceptors (Lipinski definition) is 4. The van der Waals surface area contributed by atoms with E-state index in [1.807, 2.05) is 38.1 Å². The van der Waals surface area contributed by atoms with Crippen LogP contribution in [0.25, 0.3) is 0 Å². The van der Waals surface area contributed by atoms with Crippen LogP contribution in [0.4, 0.5) is 5.82 Å². The molecule has 0 aliphatic heterocycles. The number of benzene rings is 1. The maximum Gasteiger partial charge on any atom is 0.247 e. The summed E-state index contributed by atoms with van der Waals surface area (Å²) in [6.45, 7) is 3.83. The van der Waals surface area contributed by atoms with Gasteiger partial charge in [0.15, 0.2) is 0 Å². The Bertz CT molecular complexity index is 727. The lowest BCUT2D eigenvalue weighted by molar-refractivity contribution is 0.398. The Morgan fingerprint density at radius 2 is 1.81 bits per heavy atom. The highest BCUT2D eigenvalue weighted by atomic mass is 32.2. The first kappa shape index (κ1) is 15.5. The van der Waals surface area contributed by atoms with E-state index < -0.39 is 10.0 Å². The third kappa shape index (κ3) is 3.06. The molecule has 6 heteroatoms. The summed E-state index contributed by atoms with van der Waals surface area (Å²) in [6.07, 6.45) is 1.47. The molecule has 1 aromatic heterocycles. The predicted octanol–water partition coefficient (Wildman–Crippen LogP) is 2.35. The second-order valence-corrected chi connectivity index (χ2v) is 6.96. The molecule has 112 valence electrons. The maximum atomic E-state index is 12.6. The molecular weight excluding hydrogens is 286 g/mol. The van der Waals surface area contributed by atoms with E-state index in [9.17, 15) is 8.42 Å². The molecule has 0 radical (unpaired) electrons. The Kier molecular flexibility index (Phi) is 4.29. The van der Waals surface area contributed by atoms with Gasteiger partial charge in [0.2, 0.25) is 10.0 Å². The Morgan fingerprint density at radius 3 is 2.38 bits per heavy atom. The molecule has 2 aromatic rings. The van der Waals surface area contributed by atoms with E-state index in [1.165, 1.54) is 16.6 Å². The van der Waals surface area contributed by atoms with Gasteiger partial charge in [-0.3, -0.25) is 0 Å². The van der Waals surface area contributed by atoms with Gasteiger partial charge in [0.1, 0.15) is 10.7 Å². The summed E-state index contributed by atoms with van der Waals surface area (Å²) in [4.78, 5) is 3.88. The molecule has 5 nitrogen and oxygen atoms in total. The van der Waals surface area contributed by atoms with E-state index in [0.29, 0.717) is 0 Å². The standard InChI is InChI=1S/C15H19N3O2S/c1-11-6-8-13(9-7-11)12(2)18(3)21(19,20)14-5-4-10-17-15(14)16/h4-10,12H,1-3H3,(H2,16,17). The third-order valence-corrected chi connectivity index (χ3v) is 5.54. The number of nitrogens with two attached hydrogens (primary N) is 1. The normalized spacial score (nSPS) is 13.3. The number of aryl methyl sites for hydroxylation is 1. The van der Waals surface area contributed by atoms with Crippen molar-refractivity contribution in [2.75, 3.05) is 12.8 Å². The summed E-state index contributed by atoms with van der Waals surface area (Å²) < 4.78 is 26.6. The molecule has 0 fully saturated rings. The number of aromatic nitrogens is 1. The zero-order valence-electron chi connectivity index (χ0n) is 12.3. The van der Waals surface area contributed by atoms with Crippen LogP contribution >= 0.6 is 0 Å². The smallest absolute Gasteiger partial charge is 0.247 e. The van der Waals surface area contributed by atoms with E-state index in [2.05, 4.69) is 4.98 Å². The Hall–Kier alpha value is -1.92. The zero-order chi connectivity index (χ0) is 15.6. The van der Waals surface area contributed by atoms with Gasteiger partial charge >= 0.3 is 0 Å². The second-order valence-electron chi connectivity index (χ2n) is 4.99. The first-order chi connectivity index (χ1) is 9.84. The van der Waals surface area contributed by atoms with Gasteiger partial charge in [-0.25, -0.2) is 13.4 Å². The van der Waals surface area contributed by atoms with E-state index in [4.69, 9.17) is 5.73 Å². The van der Waals surface area contributed by atoms with Crippen molar-refractivity contribution in [2.45, 2.75) is 24.8 Å². The summed E-state index contributed by atoms with van der Waals surface area (Å²) in [6, 6.07) is 10.5. The Balaban J connectivity index is 2.36. The minimum absolute atomic E-state index is 0.0143. The van der Waals surface area contributed by atoms with Crippen molar-refractivity contribution < 1.29 is 8.42 Å². The highest BCUT2D eigenvalue weighted by Crippen LogP contribution is 2.27. The lowest BCUT2D eigenvalue weighted by Gasteiger charge is -2.25. The summed E-state index contributed by atoms with van der Waals surface area (Å²) in [5.41, 5.74) is 7.74. The van der Waals surface area contributed by atoms with Crippen LogP contribution in [0.15, 0.2) is 47.5 Å². The average molecular weight is 305 g/mol. The quantitative estimate of drug-likeness (QED) is 0.940. The molecule has 1 heterocycles. The van der Waals surface area contributed by atoms with Crippen LogP contribution in [0.2, 0.25) is 0 Å². The lowest BCUT2D eigenvalue weighted by atomic mass is 10.1. The third-order valence-electron chi connectivity index (χ3n) is 3.56. The number of pyridine rings is 1. The number of sulfonamides is 1. The molecule has 1 unspecified atom stereocenters. The van der Waals surface area contributed by atoms with Crippen LogP contribution in [-0.4, -0.2) is 24.8 Å². The molecule has 0 aliphatic rings. The van der Waals surface area contributed by atoms with Crippen molar-refractivity contribution in [3.05, 3.63) is 53.7 Å². The fourth-order valence-corrected chi connectivity index (χ4v) is 3.45. The molecule has 2 rings (SSSR count). The fourth-order valence-electron chi connectivity index (χ4n) is 2.04. The topological polar surface area (TPSA) is 76.3 Å². The largest absolute Gasteiger partial charge is 0.383 e. The SMILES string of the molecule is Cc1ccc(C(C)N(C)S(=O)(=O)c2cccnc2N)cc1. The van der Waals surface area contributed by atoms with E-state index in [0.717, 1.165) is 11.1 Å². The molecule has 0 aliphatic carbocycles. The second kappa shape index (κ2) is 5.83. The van der Waals surface area contributed by atoms with Crippen LogP contribution in [0.3, 0.4) is 0 Å². The summed E-state index contributed by atoms with van der Waals surface area (Å²) in [7, 11) is -2.13. The van der Waals surface area contributed by atoms with E-state index in [1.54, 1.807) is 13.1 Å². The number of rotatable bonds is 4. The van der Waals surface area contributed by atoms with Crippen LogP contribution in [-0.2, 0) is 10.0 Å². The first-order valence-corrected chi connectivity index (χ1v) is 8.03. The summed E-state index contributed by atoms with van der Waals surface area (Å²) in [5.74, 6) is 0.0143. The van der Waals surface area contributed by atoms with Crippen LogP contribution in [0, 0.1) is 6.92 Å². The molecular formula is C15H19N3O2S. The molecule has 0 amide bonds. The number of nitrogen functional groups attached to an aromatic ring is 1. The van der Waals surface area contributed by atoms with Gasteiger partial charge in [-0.05, 0) is 31.5 Å². The molecule has 0 bridgehead atoms. The molecule has 1 aromatic carbocycles. The van der Waals surface area contributed by atoms with Gasteiger partial charge in [0, 0.05) is 19.3 Å². The van der Waals surface area contributed by atoms with Crippen LogP contribution < -0.4 is 5.73 Å². The van der Waals surface area contributed by atoms with Crippen molar-refractivity contribution in [2.24, 2.45) is 0 Å². The van der Waals surface area contributed by atoms with Gasteiger partial charge < -0.3 is 5.73 Å². The van der Waals surface area contributed by atoms with Crippen molar-refractivity contribution in [1.82, 2.24) is 9.29 Å². The van der Waals surface area contributed by atoms with Gasteiger partial charge in [-0.2, -0.15) is 4.31 Å². The fraction of sp³-hybridized carbons (Fsp3) is 0.267. The van der Waals surface area contributed by atoms with E-state index >= 15 is 0 Å². The maximum absolute atomic E-state index is 12.6. The molecule has 0 saturated carbocycles. The molecule has 2 N–H and O–H groups in total. The lowest BCUT2D eigenvalue weighted by Crippen LogP contribution is -2.30. The number of hydrogen-bond donors (Lipinski definition) is 1. The van der Waals surface area contributed by atoms with Crippen LogP contribution in [0.5, 0.6) is 0 Å². The Labute approximate surface area is 125 Å². The van der Waals surface area contributed by atoms with Gasteiger partial charge in [-0.15, -0.1) is 0 Å². The summed E-state index contributed by atoms with van der Waals surface area (Å²) in [5, 5.41) is 0. The van der Waals surface area contributed by atoms with Gasteiger partial charge in [0.25, 0.3) is 0 Å². The minimum atomic E-state index is -3.68. The Morgan fingerprint density at radius 1 is 1.19 bits per heavy atom. The van der Waals surface area contributed by atoms with Crippen molar-refractivity contribution in [1.29, 1.82) is 0 Å². The summed E-state index contributed by atoms with van der Waals surface area (Å²) >= 11 is 0. The molecule has 0 spiro atoms. The van der Waals surface area contributed by atoms with Crippen molar-refractivity contribution >= 4 is 15.8 Å². The predicted molar refractivity (Wildman–Crippen MR) is 83.2 cm³/mol. The number of anilines is 1. The number of nitrogens with zero attached hydrogens (tertiary/aromatic N) is 2.